The van der Waals surface area contributed by atoms with Crippen LogP contribution in [0.1, 0.15) is 24.9 Å². The number of carbonyl (C=O) groups is 1. The highest BCUT2D eigenvalue weighted by atomic mass is 32.2. The van der Waals surface area contributed by atoms with Crippen LogP contribution in [0.2, 0.25) is 0 Å². The van der Waals surface area contributed by atoms with Crippen molar-refractivity contribution in [1.82, 2.24) is 5.32 Å². The zero-order chi connectivity index (χ0) is 12.3. The van der Waals surface area contributed by atoms with Crippen molar-refractivity contribution in [1.29, 1.82) is 0 Å². The van der Waals surface area contributed by atoms with Crippen LogP contribution in [0.5, 0.6) is 0 Å². The summed E-state index contributed by atoms with van der Waals surface area (Å²) in [6.07, 6.45) is 1.04. The summed E-state index contributed by atoms with van der Waals surface area (Å²) in [4.78, 5) is 12.7. The van der Waals surface area contributed by atoms with Crippen molar-refractivity contribution in [2.75, 3.05) is 12.9 Å². The first kappa shape index (κ1) is 12.5. The Balaban J connectivity index is 2.11. The van der Waals surface area contributed by atoms with Gasteiger partial charge in [-0.2, -0.15) is 0 Å². The van der Waals surface area contributed by atoms with E-state index in [1.165, 1.54) is 17.6 Å². The van der Waals surface area contributed by atoms with Crippen molar-refractivity contribution < 1.29 is 9.53 Å². The number of methoxy groups -OCH3 is 1. The van der Waals surface area contributed by atoms with E-state index in [4.69, 9.17) is 4.74 Å². The maximum absolute atomic E-state index is 11.4. The molecule has 0 fully saturated rings. The summed E-state index contributed by atoms with van der Waals surface area (Å²) in [6, 6.07) is 8.35. The minimum Gasteiger partial charge on any atom is -0.468 e. The third-order valence-electron chi connectivity index (χ3n) is 2.96. The Labute approximate surface area is 106 Å². The summed E-state index contributed by atoms with van der Waals surface area (Å²) >= 11 is 1.88. The number of carbonyl (C=O) groups excluding carboxylic acids is 1. The molecule has 2 unspecified atom stereocenters. The SMILES string of the molecule is COC(=O)C(C)NC1CCSc2ccccc21. The molecule has 1 heterocycles. The Hall–Kier alpha value is -1.00. The first-order chi connectivity index (χ1) is 8.22. The van der Waals surface area contributed by atoms with Gasteiger partial charge >= 0.3 is 5.97 Å². The molecule has 17 heavy (non-hydrogen) atoms. The Kier molecular flexibility index (Phi) is 4.07. The number of benzene rings is 1. The average molecular weight is 251 g/mol. The topological polar surface area (TPSA) is 38.3 Å². The Morgan fingerprint density at radius 2 is 2.29 bits per heavy atom. The second-order valence-corrected chi connectivity index (χ2v) is 5.28. The average Bonchev–Trinajstić information content (AvgIpc) is 2.38. The van der Waals surface area contributed by atoms with Gasteiger partial charge < -0.3 is 4.74 Å². The molecule has 1 aliphatic rings. The van der Waals surface area contributed by atoms with Gasteiger partial charge in [0.15, 0.2) is 0 Å². The summed E-state index contributed by atoms with van der Waals surface area (Å²) in [7, 11) is 1.42. The van der Waals surface area contributed by atoms with Gasteiger partial charge in [-0.3, -0.25) is 10.1 Å². The van der Waals surface area contributed by atoms with Crippen LogP contribution >= 0.6 is 11.8 Å². The van der Waals surface area contributed by atoms with Gasteiger partial charge in [-0.25, -0.2) is 0 Å². The molecule has 1 aromatic carbocycles. The third-order valence-corrected chi connectivity index (χ3v) is 4.09. The van der Waals surface area contributed by atoms with E-state index in [1.807, 2.05) is 24.8 Å². The number of rotatable bonds is 3. The number of hydrogen-bond donors (Lipinski definition) is 1. The fraction of sp³-hybridized carbons (Fsp3) is 0.462. The monoisotopic (exact) mass is 251 g/mol. The van der Waals surface area contributed by atoms with Crippen molar-refractivity contribution in [3.8, 4) is 0 Å². The fourth-order valence-electron chi connectivity index (χ4n) is 2.06. The highest BCUT2D eigenvalue weighted by molar-refractivity contribution is 7.99. The molecule has 0 saturated carbocycles. The minimum atomic E-state index is -0.263. The summed E-state index contributed by atoms with van der Waals surface area (Å²) in [6.45, 7) is 1.84. The van der Waals surface area contributed by atoms with Crippen molar-refractivity contribution in [2.45, 2.75) is 30.3 Å². The number of thioether (sulfide) groups is 1. The number of fused-ring (bicyclic) bond motifs is 1. The summed E-state index contributed by atoms with van der Waals surface area (Å²) in [5, 5.41) is 3.34. The second kappa shape index (κ2) is 5.56. The second-order valence-electron chi connectivity index (χ2n) is 4.14. The Bertz CT molecular complexity index is 408. The molecule has 0 amide bonds. The number of esters is 1. The molecule has 1 N–H and O–H groups in total. The van der Waals surface area contributed by atoms with Gasteiger partial charge in [-0.15, -0.1) is 11.8 Å². The van der Waals surface area contributed by atoms with Gasteiger partial charge in [0.2, 0.25) is 0 Å². The van der Waals surface area contributed by atoms with Gasteiger partial charge in [0, 0.05) is 10.9 Å². The molecule has 4 heteroatoms. The highest BCUT2D eigenvalue weighted by Crippen LogP contribution is 2.35. The van der Waals surface area contributed by atoms with Gasteiger partial charge in [0.25, 0.3) is 0 Å². The Morgan fingerprint density at radius 3 is 3.06 bits per heavy atom. The predicted octanol–water partition coefficient (Wildman–Crippen LogP) is 2.37. The number of hydrogen-bond acceptors (Lipinski definition) is 4. The van der Waals surface area contributed by atoms with Crippen LogP contribution in [0.15, 0.2) is 29.2 Å². The lowest BCUT2D eigenvalue weighted by atomic mass is 10.0. The van der Waals surface area contributed by atoms with E-state index in [-0.39, 0.29) is 18.1 Å². The van der Waals surface area contributed by atoms with E-state index in [0.717, 1.165) is 12.2 Å². The van der Waals surface area contributed by atoms with Gasteiger partial charge in [0.1, 0.15) is 6.04 Å². The van der Waals surface area contributed by atoms with Crippen molar-refractivity contribution >= 4 is 17.7 Å². The molecule has 0 radical (unpaired) electrons. The largest absolute Gasteiger partial charge is 0.468 e. The standard InChI is InChI=1S/C13H17NO2S/c1-9(13(15)16-2)14-11-7-8-17-12-6-4-3-5-10(11)12/h3-6,9,11,14H,7-8H2,1-2H3. The molecular weight excluding hydrogens is 234 g/mol. The first-order valence-corrected chi connectivity index (χ1v) is 6.76. The zero-order valence-electron chi connectivity index (χ0n) is 10.1. The first-order valence-electron chi connectivity index (χ1n) is 5.78. The smallest absolute Gasteiger partial charge is 0.322 e. The normalized spacial score (nSPS) is 20.5. The molecule has 0 bridgehead atoms. The van der Waals surface area contributed by atoms with E-state index in [0.29, 0.717) is 0 Å². The number of ether oxygens (including phenoxy) is 1. The molecule has 0 aromatic heterocycles. The summed E-state index contributed by atoms with van der Waals surface area (Å²) in [5.74, 6) is 0.878. The van der Waals surface area contributed by atoms with Crippen LogP contribution in [-0.2, 0) is 9.53 Å². The minimum absolute atomic E-state index is 0.208. The molecule has 3 nitrogen and oxygen atoms in total. The molecule has 0 spiro atoms. The quantitative estimate of drug-likeness (QED) is 0.837. The molecule has 2 rings (SSSR count). The lowest BCUT2D eigenvalue weighted by Crippen LogP contribution is -2.38. The maximum Gasteiger partial charge on any atom is 0.322 e. The number of nitrogens with one attached hydrogen (secondary N) is 1. The van der Waals surface area contributed by atoms with Crippen LogP contribution in [0, 0.1) is 0 Å². The molecule has 0 aliphatic carbocycles. The molecule has 0 saturated heterocycles. The molecule has 1 aliphatic heterocycles. The Morgan fingerprint density at radius 1 is 1.53 bits per heavy atom. The van der Waals surface area contributed by atoms with Crippen molar-refractivity contribution in [2.24, 2.45) is 0 Å². The van der Waals surface area contributed by atoms with Gasteiger partial charge in [0.05, 0.1) is 7.11 Å². The third kappa shape index (κ3) is 2.82. The van der Waals surface area contributed by atoms with Crippen LogP contribution < -0.4 is 5.32 Å². The van der Waals surface area contributed by atoms with E-state index in [9.17, 15) is 4.79 Å². The lowest BCUT2D eigenvalue weighted by Gasteiger charge is -2.27. The maximum atomic E-state index is 11.4. The van der Waals surface area contributed by atoms with Crippen molar-refractivity contribution in [3.05, 3.63) is 29.8 Å². The van der Waals surface area contributed by atoms with E-state index >= 15 is 0 Å². The molecule has 1 aromatic rings. The van der Waals surface area contributed by atoms with Gasteiger partial charge in [-0.1, -0.05) is 18.2 Å². The van der Waals surface area contributed by atoms with Crippen molar-refractivity contribution in [3.63, 3.8) is 0 Å². The van der Waals surface area contributed by atoms with Crippen LogP contribution in [0.4, 0.5) is 0 Å². The van der Waals surface area contributed by atoms with Crippen LogP contribution in [-0.4, -0.2) is 24.9 Å². The van der Waals surface area contributed by atoms with E-state index in [2.05, 4.69) is 23.5 Å². The summed E-state index contributed by atoms with van der Waals surface area (Å²) < 4.78 is 4.73. The fourth-order valence-corrected chi connectivity index (χ4v) is 3.19. The van der Waals surface area contributed by atoms with E-state index < -0.39 is 0 Å². The lowest BCUT2D eigenvalue weighted by molar-refractivity contribution is -0.142. The molecule has 92 valence electrons. The predicted molar refractivity (Wildman–Crippen MR) is 69.1 cm³/mol. The zero-order valence-corrected chi connectivity index (χ0v) is 10.9. The van der Waals surface area contributed by atoms with Crippen LogP contribution in [0.3, 0.4) is 0 Å². The molecule has 2 atom stereocenters. The van der Waals surface area contributed by atoms with Gasteiger partial charge in [-0.05, 0) is 30.7 Å². The highest BCUT2D eigenvalue weighted by Gasteiger charge is 2.24. The van der Waals surface area contributed by atoms with Crippen LogP contribution in [0.25, 0.3) is 0 Å². The van der Waals surface area contributed by atoms with E-state index in [1.54, 1.807) is 0 Å². The summed E-state index contributed by atoms with van der Waals surface area (Å²) in [5.41, 5.74) is 1.29. The molecular formula is C13H17NO2S.